The topological polar surface area (TPSA) is 32.3 Å². The van der Waals surface area contributed by atoms with Gasteiger partial charge in [-0.05, 0) is 43.9 Å². The van der Waals surface area contributed by atoms with Gasteiger partial charge in [0, 0.05) is 12.6 Å². The number of rotatable bonds is 6. The Kier molecular flexibility index (Phi) is 2.89. The predicted octanol–water partition coefficient (Wildman–Crippen LogP) is 1.54. The molecule has 2 nitrogen and oxygen atoms in total. The highest BCUT2D eigenvalue weighted by atomic mass is 16.3. The van der Waals surface area contributed by atoms with Crippen LogP contribution in [0.25, 0.3) is 0 Å². The van der Waals surface area contributed by atoms with Gasteiger partial charge in [-0.15, -0.1) is 0 Å². The first kappa shape index (κ1) is 9.47. The molecule has 2 rings (SSSR count). The van der Waals surface area contributed by atoms with Crippen molar-refractivity contribution < 1.29 is 5.11 Å². The summed E-state index contributed by atoms with van der Waals surface area (Å²) in [6, 6.07) is 0.737. The van der Waals surface area contributed by atoms with Gasteiger partial charge in [0.05, 0.1) is 6.10 Å². The molecule has 0 bridgehead atoms. The number of aliphatic hydroxyl groups excluding tert-OH is 1. The van der Waals surface area contributed by atoms with Gasteiger partial charge in [0.2, 0.25) is 0 Å². The Bertz CT molecular complexity index is 151. The fraction of sp³-hybridized carbons (Fsp3) is 1.00. The Morgan fingerprint density at radius 1 is 1.23 bits per heavy atom. The van der Waals surface area contributed by atoms with Gasteiger partial charge in [-0.2, -0.15) is 0 Å². The second-order valence-corrected chi connectivity index (χ2v) is 4.67. The van der Waals surface area contributed by atoms with Crippen molar-refractivity contribution in [3.05, 3.63) is 0 Å². The van der Waals surface area contributed by atoms with Gasteiger partial charge in [0.15, 0.2) is 0 Å². The minimum absolute atomic E-state index is 0.139. The summed E-state index contributed by atoms with van der Waals surface area (Å²) in [6.45, 7) is 2.84. The van der Waals surface area contributed by atoms with E-state index in [0.29, 0.717) is 0 Å². The van der Waals surface area contributed by atoms with Crippen LogP contribution in [0.4, 0.5) is 0 Å². The summed E-state index contributed by atoms with van der Waals surface area (Å²) in [7, 11) is 0. The highest BCUT2D eigenvalue weighted by Gasteiger charge is 2.41. The Morgan fingerprint density at radius 2 is 1.77 bits per heavy atom. The molecule has 2 saturated carbocycles. The highest BCUT2D eigenvalue weighted by Crippen LogP contribution is 2.44. The quantitative estimate of drug-likeness (QED) is 0.654. The first-order chi connectivity index (χ1) is 6.31. The van der Waals surface area contributed by atoms with Crippen LogP contribution in [-0.4, -0.2) is 23.8 Å². The first-order valence-corrected chi connectivity index (χ1v) is 5.72. The second kappa shape index (κ2) is 3.97. The van der Waals surface area contributed by atoms with Gasteiger partial charge < -0.3 is 10.4 Å². The molecule has 0 amide bonds. The molecule has 0 radical (unpaired) electrons. The zero-order valence-electron chi connectivity index (χ0n) is 8.50. The molecule has 1 unspecified atom stereocenters. The van der Waals surface area contributed by atoms with E-state index in [1.165, 1.54) is 25.7 Å². The van der Waals surface area contributed by atoms with Crippen LogP contribution < -0.4 is 5.32 Å². The van der Waals surface area contributed by atoms with Crippen LogP contribution in [0.1, 0.15) is 39.0 Å². The number of nitrogens with one attached hydrogen (secondary N) is 1. The van der Waals surface area contributed by atoms with Crippen LogP contribution in [-0.2, 0) is 0 Å². The van der Waals surface area contributed by atoms with Crippen LogP contribution in [0, 0.1) is 11.8 Å². The van der Waals surface area contributed by atoms with Crippen LogP contribution in [0.3, 0.4) is 0 Å². The Balaban J connectivity index is 1.70. The van der Waals surface area contributed by atoms with Gasteiger partial charge in [-0.1, -0.05) is 6.92 Å². The van der Waals surface area contributed by atoms with E-state index >= 15 is 0 Å². The third kappa shape index (κ3) is 2.68. The van der Waals surface area contributed by atoms with E-state index in [2.05, 4.69) is 5.32 Å². The number of hydrogen-bond donors (Lipinski definition) is 2. The van der Waals surface area contributed by atoms with Crippen molar-refractivity contribution in [1.82, 2.24) is 5.32 Å². The normalized spacial score (nSPS) is 25.2. The monoisotopic (exact) mass is 183 g/mol. The lowest BCUT2D eigenvalue weighted by Crippen LogP contribution is -2.38. The van der Waals surface area contributed by atoms with E-state index in [4.69, 9.17) is 0 Å². The maximum atomic E-state index is 9.45. The van der Waals surface area contributed by atoms with E-state index < -0.39 is 0 Å². The summed E-state index contributed by atoms with van der Waals surface area (Å²) in [5, 5.41) is 13.0. The molecule has 0 heterocycles. The molecular weight excluding hydrogens is 162 g/mol. The summed E-state index contributed by atoms with van der Waals surface area (Å²) in [5.74, 6) is 1.88. The lowest BCUT2D eigenvalue weighted by Gasteiger charge is -2.19. The molecule has 0 spiro atoms. The molecule has 2 aliphatic carbocycles. The predicted molar refractivity (Wildman–Crippen MR) is 53.5 cm³/mol. The number of aliphatic hydroxyl groups is 1. The second-order valence-electron chi connectivity index (χ2n) is 4.67. The van der Waals surface area contributed by atoms with Crippen molar-refractivity contribution in [2.24, 2.45) is 11.8 Å². The van der Waals surface area contributed by atoms with Crippen molar-refractivity contribution in [3.63, 3.8) is 0 Å². The zero-order valence-corrected chi connectivity index (χ0v) is 8.50. The number of hydrogen-bond acceptors (Lipinski definition) is 2. The Hall–Kier alpha value is -0.0800. The molecule has 2 N–H and O–H groups in total. The molecule has 0 aromatic heterocycles. The summed E-state index contributed by atoms with van der Waals surface area (Å²) in [5.41, 5.74) is 0. The summed E-state index contributed by atoms with van der Waals surface area (Å²) >= 11 is 0. The fourth-order valence-corrected chi connectivity index (χ4v) is 2.05. The smallest absolute Gasteiger partial charge is 0.0662 e. The van der Waals surface area contributed by atoms with Crippen molar-refractivity contribution in [1.29, 1.82) is 0 Å². The molecule has 76 valence electrons. The maximum absolute atomic E-state index is 9.45. The molecule has 2 fully saturated rings. The van der Waals surface area contributed by atoms with E-state index in [1.807, 2.05) is 6.92 Å². The highest BCUT2D eigenvalue weighted by molar-refractivity contribution is 4.96. The maximum Gasteiger partial charge on any atom is 0.0662 e. The van der Waals surface area contributed by atoms with Crippen molar-refractivity contribution in [3.8, 4) is 0 Å². The molecule has 2 aliphatic rings. The SMILES string of the molecule is CCC(O)CNC(C1CC1)C1CC1. The zero-order chi connectivity index (χ0) is 9.26. The van der Waals surface area contributed by atoms with Crippen LogP contribution in [0.2, 0.25) is 0 Å². The molecular formula is C11H21NO. The van der Waals surface area contributed by atoms with Crippen LogP contribution >= 0.6 is 0 Å². The molecule has 0 aromatic carbocycles. The van der Waals surface area contributed by atoms with Crippen molar-refractivity contribution >= 4 is 0 Å². The van der Waals surface area contributed by atoms with E-state index in [1.54, 1.807) is 0 Å². The largest absolute Gasteiger partial charge is 0.392 e. The minimum atomic E-state index is -0.139. The van der Waals surface area contributed by atoms with E-state index in [0.717, 1.165) is 30.8 Å². The van der Waals surface area contributed by atoms with Gasteiger partial charge in [-0.3, -0.25) is 0 Å². The average Bonchev–Trinajstić information content (AvgIpc) is 2.98. The molecule has 0 aliphatic heterocycles. The first-order valence-electron chi connectivity index (χ1n) is 5.72. The molecule has 0 aromatic rings. The standard InChI is InChI=1S/C11H21NO/c1-2-10(13)7-12-11(8-3-4-8)9-5-6-9/h8-13H,2-7H2,1H3. The lowest BCUT2D eigenvalue weighted by atomic mass is 10.1. The Morgan fingerprint density at radius 3 is 2.15 bits per heavy atom. The third-order valence-corrected chi connectivity index (χ3v) is 3.32. The van der Waals surface area contributed by atoms with E-state index in [-0.39, 0.29) is 6.10 Å². The van der Waals surface area contributed by atoms with Crippen molar-refractivity contribution in [2.45, 2.75) is 51.2 Å². The van der Waals surface area contributed by atoms with Crippen LogP contribution in [0.15, 0.2) is 0 Å². The summed E-state index contributed by atoms with van der Waals surface area (Å²) in [6.07, 6.45) is 6.38. The molecule has 2 heteroatoms. The minimum Gasteiger partial charge on any atom is -0.392 e. The molecule has 1 atom stereocenters. The lowest BCUT2D eigenvalue weighted by molar-refractivity contribution is 0.159. The van der Waals surface area contributed by atoms with Gasteiger partial charge >= 0.3 is 0 Å². The third-order valence-electron chi connectivity index (χ3n) is 3.32. The Labute approximate surface area is 80.7 Å². The van der Waals surface area contributed by atoms with Crippen LogP contribution in [0.5, 0.6) is 0 Å². The fourth-order valence-electron chi connectivity index (χ4n) is 2.05. The van der Waals surface area contributed by atoms with E-state index in [9.17, 15) is 5.11 Å². The van der Waals surface area contributed by atoms with Gasteiger partial charge in [0.1, 0.15) is 0 Å². The van der Waals surface area contributed by atoms with Crippen molar-refractivity contribution in [2.75, 3.05) is 6.54 Å². The molecule has 13 heavy (non-hydrogen) atoms. The van der Waals surface area contributed by atoms with Gasteiger partial charge in [0.25, 0.3) is 0 Å². The summed E-state index contributed by atoms with van der Waals surface area (Å²) < 4.78 is 0. The molecule has 0 saturated heterocycles. The van der Waals surface area contributed by atoms with Gasteiger partial charge in [-0.25, -0.2) is 0 Å². The average molecular weight is 183 g/mol. The summed E-state index contributed by atoms with van der Waals surface area (Å²) in [4.78, 5) is 0.